The Morgan fingerprint density at radius 2 is 1.87 bits per heavy atom. The molecule has 10 nitrogen and oxygen atoms in total. The summed E-state index contributed by atoms with van der Waals surface area (Å²) in [6, 6.07) is 14.0. The molecular weight excluding hydrogens is 504 g/mol. The molecule has 2 N–H and O–H groups in total. The van der Waals surface area contributed by atoms with E-state index in [4.69, 9.17) is 4.42 Å². The van der Waals surface area contributed by atoms with Crippen molar-refractivity contribution in [3.8, 4) is 11.5 Å². The number of nitrogens with one attached hydrogen (secondary N) is 1. The molecule has 1 aliphatic heterocycles. The lowest BCUT2D eigenvalue weighted by Crippen LogP contribution is -2.46. The molecule has 2 aromatic heterocycles. The highest BCUT2D eigenvalue weighted by atomic mass is 32.2. The zero-order chi connectivity index (χ0) is 26.9. The third kappa shape index (κ3) is 5.55. The average molecular weight is 541 g/mol. The van der Waals surface area contributed by atoms with Crippen molar-refractivity contribution in [2.24, 2.45) is 5.92 Å². The second-order valence-corrected chi connectivity index (χ2v) is 12.5. The Labute approximate surface area is 224 Å². The van der Waals surface area contributed by atoms with Crippen molar-refractivity contribution in [1.82, 2.24) is 20.5 Å². The van der Waals surface area contributed by atoms with Gasteiger partial charge >= 0.3 is 0 Å². The van der Waals surface area contributed by atoms with E-state index in [1.165, 1.54) is 12.6 Å². The predicted molar refractivity (Wildman–Crippen MR) is 147 cm³/mol. The van der Waals surface area contributed by atoms with Gasteiger partial charge in [0, 0.05) is 31.1 Å². The largest absolute Gasteiger partial charge is 0.419 e. The molecule has 1 aromatic carbocycles. The zero-order valence-electron chi connectivity index (χ0n) is 22.1. The Balaban J connectivity index is 1.52. The molecule has 0 spiro atoms. The highest BCUT2D eigenvalue weighted by Gasteiger charge is 2.34. The third-order valence-electron chi connectivity index (χ3n) is 7.68. The van der Waals surface area contributed by atoms with Crippen LogP contribution in [0.25, 0.3) is 11.5 Å². The Kier molecular flexibility index (Phi) is 7.69. The van der Waals surface area contributed by atoms with Crippen LogP contribution >= 0.6 is 0 Å². The molecule has 5 rings (SSSR count). The number of anilines is 2. The zero-order valence-corrected chi connectivity index (χ0v) is 22.9. The molecule has 1 aliphatic carbocycles. The van der Waals surface area contributed by atoms with Crippen LogP contribution in [0.15, 0.2) is 46.9 Å². The minimum absolute atomic E-state index is 0.0348. The number of sulfonamides is 1. The molecule has 11 heteroatoms. The first-order valence-corrected chi connectivity index (χ1v) is 15.0. The number of rotatable bonds is 9. The van der Waals surface area contributed by atoms with Crippen molar-refractivity contribution in [2.45, 2.75) is 50.6 Å². The van der Waals surface area contributed by atoms with Crippen LogP contribution in [0, 0.1) is 5.92 Å². The van der Waals surface area contributed by atoms with E-state index in [1.807, 2.05) is 24.3 Å². The number of hydrogen-bond donors (Lipinski definition) is 2. The standard InChI is InChI=1S/C27H36N6O4S/c1-18-14-21(15-18)33(12-13-34)24-17-20(16-23(29-24)32(2)38(3,35)36)26-30-31-27(37-26)25-22(10-7-11-28-25)19-8-5-4-6-9-19/h4-6,8-9,16-18,21-22,25,28,34H,7,10-15H2,1-3H3. The second kappa shape index (κ2) is 11.0. The van der Waals surface area contributed by atoms with E-state index in [1.54, 1.807) is 6.07 Å². The van der Waals surface area contributed by atoms with Crippen molar-refractivity contribution in [1.29, 1.82) is 0 Å². The average Bonchev–Trinajstić information content (AvgIpc) is 3.40. The van der Waals surface area contributed by atoms with Crippen molar-refractivity contribution in [3.63, 3.8) is 0 Å². The summed E-state index contributed by atoms with van der Waals surface area (Å²) in [6.45, 7) is 3.43. The number of aliphatic hydroxyl groups excluding tert-OH is 1. The van der Waals surface area contributed by atoms with Gasteiger partial charge in [-0.15, -0.1) is 10.2 Å². The molecule has 2 fully saturated rings. The first-order chi connectivity index (χ1) is 18.2. The molecular formula is C27H36N6O4S. The van der Waals surface area contributed by atoms with Crippen molar-refractivity contribution in [2.75, 3.05) is 42.2 Å². The minimum atomic E-state index is -3.55. The quantitative estimate of drug-likeness (QED) is 0.420. The van der Waals surface area contributed by atoms with Gasteiger partial charge in [0.15, 0.2) is 0 Å². The fourth-order valence-corrected chi connectivity index (χ4v) is 5.93. The number of hydrogen-bond acceptors (Lipinski definition) is 9. The van der Waals surface area contributed by atoms with Crippen LogP contribution in [-0.4, -0.2) is 67.7 Å². The first-order valence-electron chi connectivity index (χ1n) is 13.2. The number of aliphatic hydroxyl groups is 1. The summed E-state index contributed by atoms with van der Waals surface area (Å²) in [4.78, 5) is 6.73. The monoisotopic (exact) mass is 540 g/mol. The van der Waals surface area contributed by atoms with Crippen LogP contribution in [0.3, 0.4) is 0 Å². The number of nitrogens with zero attached hydrogens (tertiary/aromatic N) is 5. The van der Waals surface area contributed by atoms with Gasteiger partial charge in [0.25, 0.3) is 0 Å². The molecule has 2 unspecified atom stereocenters. The lowest BCUT2D eigenvalue weighted by molar-refractivity contribution is 0.245. The molecule has 0 bridgehead atoms. The summed E-state index contributed by atoms with van der Waals surface area (Å²) in [5, 5.41) is 22.1. The van der Waals surface area contributed by atoms with E-state index < -0.39 is 10.0 Å². The van der Waals surface area contributed by atoms with E-state index in [0.717, 1.165) is 42.8 Å². The first kappa shape index (κ1) is 26.6. The van der Waals surface area contributed by atoms with Gasteiger partial charge in [-0.25, -0.2) is 13.4 Å². The number of benzene rings is 1. The van der Waals surface area contributed by atoms with E-state index in [9.17, 15) is 13.5 Å². The van der Waals surface area contributed by atoms with Crippen LogP contribution in [0.1, 0.15) is 56.0 Å². The summed E-state index contributed by atoms with van der Waals surface area (Å²) >= 11 is 0. The molecule has 38 heavy (non-hydrogen) atoms. The van der Waals surface area contributed by atoms with Gasteiger partial charge in [0.1, 0.15) is 11.6 Å². The lowest BCUT2D eigenvalue weighted by atomic mass is 9.81. The minimum Gasteiger partial charge on any atom is -0.419 e. The van der Waals surface area contributed by atoms with Gasteiger partial charge in [-0.3, -0.25) is 4.31 Å². The normalized spacial score (nSPS) is 23.6. The summed E-state index contributed by atoms with van der Waals surface area (Å²) < 4.78 is 32.2. The van der Waals surface area contributed by atoms with E-state index in [-0.39, 0.29) is 30.4 Å². The molecule has 204 valence electrons. The lowest BCUT2D eigenvalue weighted by Gasteiger charge is -2.42. The van der Waals surface area contributed by atoms with Crippen LogP contribution < -0.4 is 14.5 Å². The second-order valence-electron chi connectivity index (χ2n) is 10.5. The Morgan fingerprint density at radius 3 is 2.55 bits per heavy atom. The summed E-state index contributed by atoms with van der Waals surface area (Å²) in [5.74, 6) is 2.45. The maximum Gasteiger partial charge on any atom is 0.248 e. The summed E-state index contributed by atoms with van der Waals surface area (Å²) in [7, 11) is -2.08. The molecule has 3 heterocycles. The van der Waals surface area contributed by atoms with Gasteiger partial charge in [0.05, 0.1) is 18.9 Å². The predicted octanol–water partition coefficient (Wildman–Crippen LogP) is 3.33. The maximum atomic E-state index is 12.4. The molecule has 2 aliphatic rings. The Morgan fingerprint density at radius 1 is 1.13 bits per heavy atom. The van der Waals surface area contributed by atoms with Crippen molar-refractivity contribution >= 4 is 21.7 Å². The molecule has 0 amide bonds. The topological polar surface area (TPSA) is 125 Å². The maximum absolute atomic E-state index is 12.4. The van der Waals surface area contributed by atoms with Crippen molar-refractivity contribution in [3.05, 3.63) is 53.9 Å². The van der Waals surface area contributed by atoms with Crippen LogP contribution in [0.5, 0.6) is 0 Å². The van der Waals surface area contributed by atoms with Gasteiger partial charge in [-0.1, -0.05) is 37.3 Å². The summed E-state index contributed by atoms with van der Waals surface area (Å²) in [5.41, 5.74) is 1.81. The fraction of sp³-hybridized carbons (Fsp3) is 0.519. The third-order valence-corrected chi connectivity index (χ3v) is 8.87. The smallest absolute Gasteiger partial charge is 0.248 e. The van der Waals surface area contributed by atoms with Crippen LogP contribution in [-0.2, 0) is 10.0 Å². The highest BCUT2D eigenvalue weighted by molar-refractivity contribution is 7.92. The van der Waals surface area contributed by atoms with Gasteiger partial charge in [-0.2, -0.15) is 0 Å². The van der Waals surface area contributed by atoms with Crippen LogP contribution in [0.2, 0.25) is 0 Å². The molecule has 3 aromatic rings. The van der Waals surface area contributed by atoms with Gasteiger partial charge in [0.2, 0.25) is 21.8 Å². The van der Waals surface area contributed by atoms with Crippen LogP contribution in [0.4, 0.5) is 11.6 Å². The Hall–Kier alpha value is -3.02. The molecule has 0 radical (unpaired) electrons. The number of aromatic nitrogens is 3. The highest BCUT2D eigenvalue weighted by Crippen LogP contribution is 2.39. The van der Waals surface area contributed by atoms with E-state index >= 15 is 0 Å². The Bertz CT molecular complexity index is 1340. The van der Waals surface area contributed by atoms with Gasteiger partial charge in [-0.05, 0) is 55.8 Å². The number of piperidine rings is 1. The summed E-state index contributed by atoms with van der Waals surface area (Å²) in [6.07, 6.45) is 5.19. The van der Waals surface area contributed by atoms with E-state index in [0.29, 0.717) is 35.6 Å². The fourth-order valence-electron chi connectivity index (χ4n) is 5.49. The van der Waals surface area contributed by atoms with Gasteiger partial charge < -0.3 is 19.7 Å². The SMILES string of the molecule is CC1CC(N(CCO)c2cc(-c3nnc(C4NCCCC4c4ccccc4)o3)cc(N(C)S(C)(=O)=O)n2)C1. The molecule has 2 atom stereocenters. The van der Waals surface area contributed by atoms with Crippen molar-refractivity contribution < 1.29 is 17.9 Å². The molecule has 1 saturated carbocycles. The number of pyridine rings is 1. The molecule has 1 saturated heterocycles. The van der Waals surface area contributed by atoms with E-state index in [2.05, 4.69) is 44.5 Å².